The zero-order valence-corrected chi connectivity index (χ0v) is 14.3. The van der Waals surface area contributed by atoms with Crippen molar-refractivity contribution in [3.8, 4) is 0 Å². The molecule has 1 aromatic carbocycles. The predicted octanol–water partition coefficient (Wildman–Crippen LogP) is 2.72. The highest BCUT2D eigenvalue weighted by Gasteiger charge is 2.17. The fourth-order valence-corrected chi connectivity index (χ4v) is 3.07. The van der Waals surface area contributed by atoms with Gasteiger partial charge >= 0.3 is 0 Å². The van der Waals surface area contributed by atoms with E-state index in [1.165, 1.54) is 0 Å². The van der Waals surface area contributed by atoms with Gasteiger partial charge in [0.25, 0.3) is 0 Å². The molecule has 0 saturated carbocycles. The van der Waals surface area contributed by atoms with Crippen LogP contribution in [0.15, 0.2) is 46.5 Å². The standard InChI is InChI=1S/C16H15N7OS/c1-23(10-12-17-7-8-25-12)16-15(18-9-11-5-3-2-4-6-11)19-13-14(20-16)22-24-21-13/h2-8H,9-10H2,1H3,(H,18,19,21). The second-order valence-electron chi connectivity index (χ2n) is 5.43. The molecule has 8 nitrogen and oxygen atoms in total. The third kappa shape index (κ3) is 3.41. The number of anilines is 2. The SMILES string of the molecule is CN(Cc1nccs1)c1nc2nonc2nc1NCc1ccccc1. The van der Waals surface area contributed by atoms with Crippen molar-refractivity contribution >= 4 is 34.3 Å². The van der Waals surface area contributed by atoms with Crippen molar-refractivity contribution in [2.75, 3.05) is 17.3 Å². The Morgan fingerprint density at radius 3 is 2.68 bits per heavy atom. The van der Waals surface area contributed by atoms with Gasteiger partial charge in [0.2, 0.25) is 11.3 Å². The average Bonchev–Trinajstić information content (AvgIpc) is 3.31. The van der Waals surface area contributed by atoms with Gasteiger partial charge in [-0.05, 0) is 15.9 Å². The maximum atomic E-state index is 4.74. The van der Waals surface area contributed by atoms with E-state index in [4.69, 9.17) is 4.63 Å². The van der Waals surface area contributed by atoms with Crippen LogP contribution in [0.5, 0.6) is 0 Å². The first kappa shape index (κ1) is 15.5. The Balaban J connectivity index is 1.63. The summed E-state index contributed by atoms with van der Waals surface area (Å²) in [5.74, 6) is 1.31. The van der Waals surface area contributed by atoms with Gasteiger partial charge in [0.05, 0.1) is 6.54 Å². The molecule has 0 aliphatic heterocycles. The summed E-state index contributed by atoms with van der Waals surface area (Å²) in [5, 5.41) is 13.9. The van der Waals surface area contributed by atoms with E-state index < -0.39 is 0 Å². The van der Waals surface area contributed by atoms with Gasteiger partial charge in [0, 0.05) is 25.2 Å². The first-order valence-corrected chi connectivity index (χ1v) is 8.55. The van der Waals surface area contributed by atoms with E-state index in [1.807, 2.05) is 35.5 Å². The Bertz CT molecular complexity index is 955. The number of nitrogens with zero attached hydrogens (tertiary/aromatic N) is 6. The second-order valence-corrected chi connectivity index (χ2v) is 6.41. The van der Waals surface area contributed by atoms with Gasteiger partial charge in [-0.1, -0.05) is 30.3 Å². The van der Waals surface area contributed by atoms with Crippen LogP contribution < -0.4 is 10.2 Å². The molecule has 0 aliphatic carbocycles. The third-order valence-corrected chi connectivity index (χ3v) is 4.38. The van der Waals surface area contributed by atoms with Crippen molar-refractivity contribution in [3.05, 3.63) is 52.5 Å². The fraction of sp³-hybridized carbons (Fsp3) is 0.188. The molecular formula is C16H15N7OS. The number of thiazole rings is 1. The maximum absolute atomic E-state index is 4.74. The summed E-state index contributed by atoms with van der Waals surface area (Å²) >= 11 is 1.60. The van der Waals surface area contributed by atoms with Crippen LogP contribution in [0.3, 0.4) is 0 Å². The van der Waals surface area contributed by atoms with Crippen LogP contribution in [0.4, 0.5) is 11.6 Å². The number of hydrogen-bond acceptors (Lipinski definition) is 9. The van der Waals surface area contributed by atoms with Gasteiger partial charge in [-0.2, -0.15) is 0 Å². The minimum atomic E-state index is 0.377. The van der Waals surface area contributed by atoms with Crippen LogP contribution in [0.2, 0.25) is 0 Å². The highest BCUT2D eigenvalue weighted by atomic mass is 32.1. The summed E-state index contributed by atoms with van der Waals surface area (Å²) in [7, 11) is 1.94. The highest BCUT2D eigenvalue weighted by molar-refractivity contribution is 7.09. The van der Waals surface area contributed by atoms with Crippen molar-refractivity contribution in [3.63, 3.8) is 0 Å². The Kier molecular flexibility index (Phi) is 4.21. The zero-order chi connectivity index (χ0) is 17.1. The van der Waals surface area contributed by atoms with Crippen LogP contribution in [-0.4, -0.2) is 32.3 Å². The lowest BCUT2D eigenvalue weighted by molar-refractivity contribution is 0.314. The van der Waals surface area contributed by atoms with Crippen LogP contribution in [-0.2, 0) is 13.1 Å². The molecule has 126 valence electrons. The molecule has 0 atom stereocenters. The number of aromatic nitrogens is 5. The Hall–Kier alpha value is -3.07. The highest BCUT2D eigenvalue weighted by Crippen LogP contribution is 2.25. The molecule has 25 heavy (non-hydrogen) atoms. The Morgan fingerprint density at radius 2 is 1.92 bits per heavy atom. The molecule has 0 aliphatic rings. The maximum Gasteiger partial charge on any atom is 0.245 e. The zero-order valence-electron chi connectivity index (χ0n) is 13.5. The molecule has 0 radical (unpaired) electrons. The van der Waals surface area contributed by atoms with Crippen molar-refractivity contribution in [2.45, 2.75) is 13.1 Å². The number of hydrogen-bond donors (Lipinski definition) is 1. The van der Waals surface area contributed by atoms with Gasteiger partial charge in [-0.3, -0.25) is 0 Å². The molecule has 0 amide bonds. The first-order valence-electron chi connectivity index (χ1n) is 7.67. The third-order valence-electron chi connectivity index (χ3n) is 3.62. The van der Waals surface area contributed by atoms with E-state index in [2.05, 4.69) is 42.7 Å². The molecule has 4 rings (SSSR count). The number of rotatable bonds is 6. The number of nitrogens with one attached hydrogen (secondary N) is 1. The van der Waals surface area contributed by atoms with Crippen molar-refractivity contribution in [1.29, 1.82) is 0 Å². The molecule has 0 bridgehead atoms. The van der Waals surface area contributed by atoms with E-state index >= 15 is 0 Å². The van der Waals surface area contributed by atoms with Gasteiger partial charge in [-0.25, -0.2) is 19.6 Å². The lowest BCUT2D eigenvalue weighted by Crippen LogP contribution is -2.20. The van der Waals surface area contributed by atoms with Crippen LogP contribution in [0.25, 0.3) is 11.3 Å². The molecule has 3 aromatic heterocycles. The lowest BCUT2D eigenvalue weighted by Gasteiger charge is -2.19. The molecule has 1 N–H and O–H groups in total. The lowest BCUT2D eigenvalue weighted by atomic mass is 10.2. The van der Waals surface area contributed by atoms with E-state index in [-0.39, 0.29) is 0 Å². The molecule has 0 unspecified atom stereocenters. The quantitative estimate of drug-likeness (QED) is 0.565. The second kappa shape index (κ2) is 6.81. The van der Waals surface area contributed by atoms with E-state index in [9.17, 15) is 0 Å². The van der Waals surface area contributed by atoms with Gasteiger partial charge in [-0.15, -0.1) is 11.3 Å². The predicted molar refractivity (Wildman–Crippen MR) is 95.4 cm³/mol. The summed E-state index contributed by atoms with van der Waals surface area (Å²) < 4.78 is 4.74. The monoisotopic (exact) mass is 353 g/mol. The summed E-state index contributed by atoms with van der Waals surface area (Å²) in [6.07, 6.45) is 1.79. The summed E-state index contributed by atoms with van der Waals surface area (Å²) in [6, 6.07) is 10.1. The summed E-state index contributed by atoms with van der Waals surface area (Å²) in [5.41, 5.74) is 1.91. The fourth-order valence-electron chi connectivity index (χ4n) is 2.40. The van der Waals surface area contributed by atoms with E-state index in [1.54, 1.807) is 17.5 Å². The van der Waals surface area contributed by atoms with Gasteiger partial charge in [0.15, 0.2) is 11.6 Å². The normalized spacial score (nSPS) is 10.9. The van der Waals surface area contributed by atoms with Crippen molar-refractivity contribution in [1.82, 2.24) is 25.3 Å². The first-order chi connectivity index (χ1) is 12.3. The van der Waals surface area contributed by atoms with E-state index in [0.29, 0.717) is 36.0 Å². The molecule has 3 heterocycles. The molecule has 9 heteroatoms. The molecule has 0 fully saturated rings. The summed E-state index contributed by atoms with van der Waals surface area (Å²) in [4.78, 5) is 15.3. The van der Waals surface area contributed by atoms with E-state index in [0.717, 1.165) is 10.6 Å². The minimum Gasteiger partial charge on any atom is -0.363 e. The van der Waals surface area contributed by atoms with Crippen LogP contribution in [0, 0.1) is 0 Å². The molecule has 4 aromatic rings. The minimum absolute atomic E-state index is 0.377. The Morgan fingerprint density at radius 1 is 1.12 bits per heavy atom. The topological polar surface area (TPSA) is 92.9 Å². The van der Waals surface area contributed by atoms with Crippen LogP contribution in [0.1, 0.15) is 10.6 Å². The van der Waals surface area contributed by atoms with Crippen molar-refractivity contribution in [2.24, 2.45) is 0 Å². The smallest absolute Gasteiger partial charge is 0.245 e. The van der Waals surface area contributed by atoms with Gasteiger partial charge in [0.1, 0.15) is 5.01 Å². The van der Waals surface area contributed by atoms with Crippen molar-refractivity contribution < 1.29 is 4.63 Å². The van der Waals surface area contributed by atoms with Gasteiger partial charge < -0.3 is 10.2 Å². The summed E-state index contributed by atoms with van der Waals surface area (Å²) in [6.45, 7) is 1.26. The number of fused-ring (bicyclic) bond motifs is 1. The number of benzene rings is 1. The Labute approximate surface area is 147 Å². The molecule has 0 spiro atoms. The molecule has 0 saturated heterocycles. The largest absolute Gasteiger partial charge is 0.363 e. The average molecular weight is 353 g/mol. The van der Waals surface area contributed by atoms with Crippen LogP contribution >= 0.6 is 11.3 Å². The molecular weight excluding hydrogens is 338 g/mol.